The van der Waals surface area contributed by atoms with Crippen LogP contribution in [0.3, 0.4) is 0 Å². The van der Waals surface area contributed by atoms with E-state index in [0.29, 0.717) is 6.42 Å². The predicted octanol–water partition coefficient (Wildman–Crippen LogP) is 14.5. The van der Waals surface area contributed by atoms with Crippen molar-refractivity contribution in [2.45, 2.75) is 276 Å². The van der Waals surface area contributed by atoms with Crippen molar-refractivity contribution in [2.75, 3.05) is 5.75 Å². The predicted molar refractivity (Wildman–Crippen MR) is 235 cm³/mol. The first-order valence-corrected chi connectivity index (χ1v) is 25.5. The van der Waals surface area contributed by atoms with Gasteiger partial charge in [0, 0.05) is 6.42 Å². The molecule has 0 aromatic carbocycles. The summed E-state index contributed by atoms with van der Waals surface area (Å²) in [5.41, 5.74) is 0. The van der Waals surface area contributed by atoms with Crippen molar-refractivity contribution in [3.05, 3.63) is 12.2 Å². The molecule has 0 radical (unpaired) electrons. The first-order chi connectivity index (χ1) is 26.3. The van der Waals surface area contributed by atoms with E-state index in [0.717, 1.165) is 38.5 Å². The van der Waals surface area contributed by atoms with E-state index in [1.165, 1.54) is 205 Å². The fourth-order valence-electron chi connectivity index (χ4n) is 7.63. The van der Waals surface area contributed by atoms with E-state index in [1.807, 2.05) is 6.08 Å². The molecule has 54 heavy (non-hydrogen) atoms. The summed E-state index contributed by atoms with van der Waals surface area (Å²) in [7, 11) is -4.34. The summed E-state index contributed by atoms with van der Waals surface area (Å²) in [5, 5.41) is 13.3. The molecule has 0 saturated carbocycles. The van der Waals surface area contributed by atoms with Crippen LogP contribution in [0.25, 0.3) is 0 Å². The van der Waals surface area contributed by atoms with Gasteiger partial charge >= 0.3 is 0 Å². The molecule has 2 unspecified atom stereocenters. The number of aliphatic hydroxyl groups excluding tert-OH is 1. The van der Waals surface area contributed by atoms with Crippen molar-refractivity contribution in [1.29, 1.82) is 0 Å². The lowest BCUT2D eigenvalue weighted by molar-refractivity contribution is -0.122. The highest BCUT2D eigenvalue weighted by molar-refractivity contribution is 7.85. The van der Waals surface area contributed by atoms with E-state index in [1.54, 1.807) is 6.08 Å². The molecule has 322 valence electrons. The number of allylic oxidation sites excluding steroid dienone is 1. The first-order valence-electron chi connectivity index (χ1n) is 23.9. The van der Waals surface area contributed by atoms with Crippen LogP contribution < -0.4 is 5.32 Å². The largest absolute Gasteiger partial charge is 0.387 e. The third-order valence-electron chi connectivity index (χ3n) is 11.2. The SMILES string of the molecule is CCCCCCCCCCCCCCCCCCC/C=C/C(O)C(CS(=O)(=O)O)NC(=O)CCCCCCCCCCCCCCCCCCCCCC. The zero-order valence-corrected chi connectivity index (χ0v) is 36.9. The number of aliphatic hydroxyl groups is 1. The van der Waals surface area contributed by atoms with Crippen molar-refractivity contribution in [3.63, 3.8) is 0 Å². The Morgan fingerprint density at radius 1 is 0.481 bits per heavy atom. The van der Waals surface area contributed by atoms with E-state index in [9.17, 15) is 22.9 Å². The van der Waals surface area contributed by atoms with Gasteiger partial charge < -0.3 is 10.4 Å². The molecule has 3 N–H and O–H groups in total. The molecule has 0 aliphatic rings. The zero-order chi connectivity index (χ0) is 39.6. The fourth-order valence-corrected chi connectivity index (χ4v) is 8.36. The van der Waals surface area contributed by atoms with Gasteiger partial charge in [0.15, 0.2) is 0 Å². The summed E-state index contributed by atoms with van der Waals surface area (Å²) >= 11 is 0. The Hall–Kier alpha value is -0.920. The molecule has 1 amide bonds. The van der Waals surface area contributed by atoms with Gasteiger partial charge in [0.1, 0.15) is 0 Å². The Labute approximate surface area is 337 Å². The van der Waals surface area contributed by atoms with Gasteiger partial charge in [-0.1, -0.05) is 251 Å². The molecule has 2 atom stereocenters. The Morgan fingerprint density at radius 3 is 1.06 bits per heavy atom. The van der Waals surface area contributed by atoms with Gasteiger partial charge in [0.2, 0.25) is 5.91 Å². The molecule has 0 aromatic heterocycles. The Balaban J connectivity index is 3.79. The lowest BCUT2D eigenvalue weighted by atomic mass is 10.0. The minimum absolute atomic E-state index is 0.272. The third kappa shape index (κ3) is 42.2. The second-order valence-electron chi connectivity index (χ2n) is 16.8. The van der Waals surface area contributed by atoms with Gasteiger partial charge in [0.25, 0.3) is 10.1 Å². The molecule has 0 bridgehead atoms. The molecular formula is C47H93NO5S. The van der Waals surface area contributed by atoms with Crippen LogP contribution in [-0.2, 0) is 14.9 Å². The highest BCUT2D eigenvalue weighted by Crippen LogP contribution is 2.17. The van der Waals surface area contributed by atoms with Crippen molar-refractivity contribution in [1.82, 2.24) is 5.32 Å². The van der Waals surface area contributed by atoms with E-state index in [-0.39, 0.29) is 5.91 Å². The minimum atomic E-state index is -4.34. The number of amides is 1. The summed E-state index contributed by atoms with van der Waals surface area (Å²) in [4.78, 5) is 12.6. The van der Waals surface area contributed by atoms with E-state index in [2.05, 4.69) is 19.2 Å². The number of carbonyl (C=O) groups excluding carboxylic acids is 1. The zero-order valence-electron chi connectivity index (χ0n) is 36.1. The highest BCUT2D eigenvalue weighted by Gasteiger charge is 2.24. The molecule has 0 aliphatic carbocycles. The molecule has 0 heterocycles. The van der Waals surface area contributed by atoms with Gasteiger partial charge in [-0.15, -0.1) is 0 Å². The molecule has 0 fully saturated rings. The lowest BCUT2D eigenvalue weighted by Crippen LogP contribution is -2.46. The summed E-state index contributed by atoms with van der Waals surface area (Å²) in [6, 6.07) is -1.05. The topological polar surface area (TPSA) is 104 Å². The van der Waals surface area contributed by atoms with Gasteiger partial charge in [-0.3, -0.25) is 9.35 Å². The molecule has 0 rings (SSSR count). The van der Waals surface area contributed by atoms with Crippen LogP contribution in [0.1, 0.15) is 264 Å². The Kier molecular flexibility index (Phi) is 41.0. The third-order valence-corrected chi connectivity index (χ3v) is 12.0. The van der Waals surface area contributed by atoms with Gasteiger partial charge in [-0.05, 0) is 19.3 Å². The first kappa shape index (κ1) is 53.1. The fraction of sp³-hybridized carbons (Fsp3) is 0.936. The second-order valence-corrected chi connectivity index (χ2v) is 18.3. The number of rotatable bonds is 44. The average Bonchev–Trinajstić information content (AvgIpc) is 3.14. The minimum Gasteiger partial charge on any atom is -0.387 e. The molecule has 6 nitrogen and oxygen atoms in total. The van der Waals surface area contributed by atoms with Crippen LogP contribution in [0.2, 0.25) is 0 Å². The van der Waals surface area contributed by atoms with Crippen LogP contribution in [-0.4, -0.2) is 41.9 Å². The maximum absolute atomic E-state index is 12.6. The summed E-state index contributed by atoms with van der Waals surface area (Å²) in [6.45, 7) is 4.55. The molecule has 0 aliphatic heterocycles. The number of hydrogen-bond acceptors (Lipinski definition) is 4. The second kappa shape index (κ2) is 41.7. The van der Waals surface area contributed by atoms with Crippen molar-refractivity contribution >= 4 is 16.0 Å². The number of unbranched alkanes of at least 4 members (excludes halogenated alkanes) is 36. The molecular weight excluding hydrogens is 691 g/mol. The van der Waals surface area contributed by atoms with Crippen LogP contribution in [0.5, 0.6) is 0 Å². The van der Waals surface area contributed by atoms with Gasteiger partial charge in [0.05, 0.1) is 17.9 Å². The Morgan fingerprint density at radius 2 is 0.759 bits per heavy atom. The molecule has 7 heteroatoms. The van der Waals surface area contributed by atoms with Crippen LogP contribution in [0.4, 0.5) is 0 Å². The van der Waals surface area contributed by atoms with E-state index < -0.39 is 28.0 Å². The maximum atomic E-state index is 12.6. The Bertz CT molecular complexity index is 908. The average molecular weight is 784 g/mol. The lowest BCUT2D eigenvalue weighted by Gasteiger charge is -2.21. The van der Waals surface area contributed by atoms with Crippen molar-refractivity contribution in [3.8, 4) is 0 Å². The van der Waals surface area contributed by atoms with Crippen molar-refractivity contribution < 1.29 is 22.9 Å². The van der Waals surface area contributed by atoms with Crippen LogP contribution >= 0.6 is 0 Å². The quantitative estimate of drug-likeness (QED) is 0.0324. The highest BCUT2D eigenvalue weighted by atomic mass is 32.2. The van der Waals surface area contributed by atoms with Gasteiger partial charge in [-0.25, -0.2) is 0 Å². The monoisotopic (exact) mass is 784 g/mol. The van der Waals surface area contributed by atoms with Crippen LogP contribution in [0.15, 0.2) is 12.2 Å². The summed E-state index contributed by atoms with van der Waals surface area (Å²) in [6.07, 6.45) is 52.1. The number of nitrogens with one attached hydrogen (secondary N) is 1. The van der Waals surface area contributed by atoms with E-state index in [4.69, 9.17) is 0 Å². The standard InChI is InChI=1S/C47H93NO5S/c1-3-5-7-9-11-13-15-17-19-21-23-25-27-29-31-33-35-37-39-41-43-47(50)48-45(44-54(51,52)53)46(49)42-40-38-36-34-32-30-28-26-24-22-20-18-16-14-12-10-8-6-4-2/h40,42,45-46,49H,3-39,41,43-44H2,1-2H3,(H,48,50)(H,51,52,53)/b42-40+. The number of hydrogen-bond donors (Lipinski definition) is 3. The molecule has 0 spiro atoms. The van der Waals surface area contributed by atoms with Crippen molar-refractivity contribution in [2.24, 2.45) is 0 Å². The summed E-state index contributed by atoms with van der Waals surface area (Å²) in [5.74, 6) is -0.963. The van der Waals surface area contributed by atoms with Gasteiger partial charge in [-0.2, -0.15) is 8.42 Å². The normalized spacial score (nSPS) is 13.2. The van der Waals surface area contributed by atoms with Crippen LogP contribution in [0, 0.1) is 0 Å². The molecule has 0 saturated heterocycles. The summed E-state index contributed by atoms with van der Waals surface area (Å²) < 4.78 is 32.6. The van der Waals surface area contributed by atoms with E-state index >= 15 is 0 Å². The maximum Gasteiger partial charge on any atom is 0.267 e. The number of carbonyl (C=O) groups is 1. The molecule has 0 aromatic rings. The smallest absolute Gasteiger partial charge is 0.267 e.